The number of nitrogens with one attached hydrogen (secondary N) is 1. The molecule has 0 aliphatic heterocycles. The maximum atomic E-state index is 12.4. The monoisotopic (exact) mass is 327 g/mol. The molecule has 0 aromatic heterocycles. The van der Waals surface area contributed by atoms with Crippen LogP contribution in [0.15, 0.2) is 42.5 Å². The van der Waals surface area contributed by atoms with Crippen LogP contribution in [0.4, 0.5) is 0 Å². The highest BCUT2D eigenvalue weighted by molar-refractivity contribution is 5.81. The smallest absolute Gasteiger partial charge is 0.261 e. The molecule has 1 N–H and O–H groups in total. The minimum atomic E-state index is -0.504. The van der Waals surface area contributed by atoms with Gasteiger partial charge in [-0.25, -0.2) is 0 Å². The molecule has 0 aliphatic rings. The van der Waals surface area contributed by atoms with Crippen LogP contribution >= 0.6 is 0 Å². The Hall–Kier alpha value is -2.49. The van der Waals surface area contributed by atoms with Crippen molar-refractivity contribution in [1.82, 2.24) is 5.32 Å². The minimum absolute atomic E-state index is 0.110. The third-order valence-corrected chi connectivity index (χ3v) is 3.88. The van der Waals surface area contributed by atoms with Gasteiger partial charge in [-0.1, -0.05) is 31.2 Å². The van der Waals surface area contributed by atoms with Gasteiger partial charge in [-0.3, -0.25) is 4.79 Å². The van der Waals surface area contributed by atoms with E-state index in [1.807, 2.05) is 63.2 Å². The van der Waals surface area contributed by atoms with Gasteiger partial charge in [0, 0.05) is 6.54 Å². The number of carbonyl (C=O) groups excluding carboxylic acids is 1. The summed E-state index contributed by atoms with van der Waals surface area (Å²) in [7, 11) is 1.63. The summed E-state index contributed by atoms with van der Waals surface area (Å²) in [5.74, 6) is 1.43. The van der Waals surface area contributed by atoms with Gasteiger partial charge in [-0.2, -0.15) is 0 Å². The molecule has 0 saturated heterocycles. The Morgan fingerprint density at radius 1 is 1.17 bits per heavy atom. The van der Waals surface area contributed by atoms with E-state index in [4.69, 9.17) is 9.47 Å². The molecular weight excluding hydrogens is 302 g/mol. The molecule has 0 bridgehead atoms. The van der Waals surface area contributed by atoms with E-state index in [1.165, 1.54) is 0 Å². The lowest BCUT2D eigenvalue weighted by Gasteiger charge is -2.19. The summed E-state index contributed by atoms with van der Waals surface area (Å²) in [4.78, 5) is 12.4. The number of benzene rings is 2. The lowest BCUT2D eigenvalue weighted by Crippen LogP contribution is -2.37. The standard InChI is InChI=1S/C20H25NO3/c1-5-18(24-19-11-14(2)9-10-15(19)3)20(22)21-13-16-7-6-8-17(12-16)23-4/h6-12,18H,5,13H2,1-4H3,(H,21,22). The Morgan fingerprint density at radius 2 is 1.96 bits per heavy atom. The molecule has 0 aliphatic carbocycles. The number of amides is 1. The lowest BCUT2D eigenvalue weighted by molar-refractivity contribution is -0.128. The molecule has 1 unspecified atom stereocenters. The van der Waals surface area contributed by atoms with Crippen molar-refractivity contribution in [2.75, 3.05) is 7.11 Å². The molecule has 0 saturated carbocycles. The van der Waals surface area contributed by atoms with Gasteiger partial charge in [0.1, 0.15) is 11.5 Å². The molecule has 1 atom stereocenters. The topological polar surface area (TPSA) is 47.6 Å². The number of methoxy groups -OCH3 is 1. The maximum absolute atomic E-state index is 12.4. The molecule has 1 amide bonds. The molecule has 0 spiro atoms. The molecule has 2 rings (SSSR count). The normalized spacial score (nSPS) is 11.7. The van der Waals surface area contributed by atoms with Crippen molar-refractivity contribution in [3.63, 3.8) is 0 Å². The first kappa shape index (κ1) is 17.9. The van der Waals surface area contributed by atoms with Gasteiger partial charge in [0.2, 0.25) is 0 Å². The summed E-state index contributed by atoms with van der Waals surface area (Å²) < 4.78 is 11.1. The second kappa shape index (κ2) is 8.39. The molecule has 0 radical (unpaired) electrons. The van der Waals surface area contributed by atoms with E-state index in [-0.39, 0.29) is 5.91 Å². The zero-order valence-corrected chi connectivity index (χ0v) is 14.8. The average molecular weight is 327 g/mol. The van der Waals surface area contributed by atoms with E-state index < -0.39 is 6.10 Å². The summed E-state index contributed by atoms with van der Waals surface area (Å²) in [6.45, 7) is 6.38. The van der Waals surface area contributed by atoms with Crippen molar-refractivity contribution in [1.29, 1.82) is 0 Å². The Morgan fingerprint density at radius 3 is 2.67 bits per heavy atom. The minimum Gasteiger partial charge on any atom is -0.497 e. The maximum Gasteiger partial charge on any atom is 0.261 e. The zero-order valence-electron chi connectivity index (χ0n) is 14.8. The van der Waals surface area contributed by atoms with Crippen molar-refractivity contribution in [3.8, 4) is 11.5 Å². The van der Waals surface area contributed by atoms with Gasteiger partial charge in [0.05, 0.1) is 7.11 Å². The molecule has 0 fully saturated rings. The molecular formula is C20H25NO3. The first-order valence-corrected chi connectivity index (χ1v) is 8.18. The van der Waals surface area contributed by atoms with Crippen LogP contribution in [0.5, 0.6) is 11.5 Å². The fraction of sp³-hybridized carbons (Fsp3) is 0.350. The van der Waals surface area contributed by atoms with E-state index in [0.29, 0.717) is 13.0 Å². The lowest BCUT2D eigenvalue weighted by atomic mass is 10.1. The summed E-state index contributed by atoms with van der Waals surface area (Å²) >= 11 is 0. The van der Waals surface area contributed by atoms with Gasteiger partial charge in [-0.05, 0) is 55.2 Å². The van der Waals surface area contributed by atoms with Crippen LogP contribution in [0.1, 0.15) is 30.0 Å². The Bertz CT molecular complexity index is 697. The van der Waals surface area contributed by atoms with Crippen LogP contribution in [0.3, 0.4) is 0 Å². The first-order chi connectivity index (χ1) is 11.5. The van der Waals surface area contributed by atoms with E-state index in [2.05, 4.69) is 5.32 Å². The Labute approximate surface area is 143 Å². The molecule has 128 valence electrons. The van der Waals surface area contributed by atoms with E-state index in [1.54, 1.807) is 7.11 Å². The van der Waals surface area contributed by atoms with Gasteiger partial charge in [0.15, 0.2) is 6.10 Å². The number of ether oxygens (including phenoxy) is 2. The van der Waals surface area contributed by atoms with E-state index in [9.17, 15) is 4.79 Å². The Balaban J connectivity index is 1.99. The summed E-state index contributed by atoms with van der Waals surface area (Å²) in [6.07, 6.45) is 0.105. The summed E-state index contributed by atoms with van der Waals surface area (Å²) in [6, 6.07) is 13.7. The number of carbonyl (C=O) groups is 1. The van der Waals surface area contributed by atoms with Crippen LogP contribution in [-0.2, 0) is 11.3 Å². The van der Waals surface area contributed by atoms with E-state index >= 15 is 0 Å². The molecule has 0 heterocycles. The third-order valence-electron chi connectivity index (χ3n) is 3.88. The zero-order chi connectivity index (χ0) is 17.5. The Kier molecular flexibility index (Phi) is 6.24. The van der Waals surface area contributed by atoms with Crippen LogP contribution in [-0.4, -0.2) is 19.1 Å². The predicted molar refractivity (Wildman–Crippen MR) is 95.5 cm³/mol. The van der Waals surface area contributed by atoms with Crippen molar-refractivity contribution in [2.45, 2.75) is 39.8 Å². The third kappa shape index (κ3) is 4.75. The highest BCUT2D eigenvalue weighted by Gasteiger charge is 2.19. The first-order valence-electron chi connectivity index (χ1n) is 8.18. The van der Waals surface area contributed by atoms with Crippen LogP contribution in [0, 0.1) is 13.8 Å². The summed E-state index contributed by atoms with van der Waals surface area (Å²) in [5.41, 5.74) is 3.13. The van der Waals surface area contributed by atoms with Gasteiger partial charge < -0.3 is 14.8 Å². The van der Waals surface area contributed by atoms with Crippen molar-refractivity contribution < 1.29 is 14.3 Å². The molecule has 2 aromatic carbocycles. The SMILES string of the molecule is CCC(Oc1cc(C)ccc1C)C(=O)NCc1cccc(OC)c1. The second-order valence-corrected chi connectivity index (χ2v) is 5.85. The molecule has 24 heavy (non-hydrogen) atoms. The predicted octanol–water partition coefficient (Wildman–Crippen LogP) is 3.79. The molecule has 2 aromatic rings. The number of hydrogen-bond acceptors (Lipinski definition) is 3. The van der Waals surface area contributed by atoms with Crippen molar-refractivity contribution in [3.05, 3.63) is 59.2 Å². The molecule has 4 heteroatoms. The van der Waals surface area contributed by atoms with Crippen molar-refractivity contribution >= 4 is 5.91 Å². The number of rotatable bonds is 7. The highest BCUT2D eigenvalue weighted by Crippen LogP contribution is 2.21. The van der Waals surface area contributed by atoms with E-state index in [0.717, 1.165) is 28.2 Å². The highest BCUT2D eigenvalue weighted by atomic mass is 16.5. The summed E-state index contributed by atoms with van der Waals surface area (Å²) in [5, 5.41) is 2.94. The fourth-order valence-electron chi connectivity index (χ4n) is 2.40. The van der Waals surface area contributed by atoms with Gasteiger partial charge in [-0.15, -0.1) is 0 Å². The second-order valence-electron chi connectivity index (χ2n) is 5.85. The number of aryl methyl sites for hydroxylation is 2. The van der Waals surface area contributed by atoms with Gasteiger partial charge in [0.25, 0.3) is 5.91 Å². The van der Waals surface area contributed by atoms with Crippen LogP contribution < -0.4 is 14.8 Å². The largest absolute Gasteiger partial charge is 0.497 e. The quantitative estimate of drug-likeness (QED) is 0.842. The fourth-order valence-corrected chi connectivity index (χ4v) is 2.40. The van der Waals surface area contributed by atoms with Crippen molar-refractivity contribution in [2.24, 2.45) is 0 Å². The van der Waals surface area contributed by atoms with Gasteiger partial charge >= 0.3 is 0 Å². The number of hydrogen-bond donors (Lipinski definition) is 1. The van der Waals surface area contributed by atoms with Crippen LogP contribution in [0.25, 0.3) is 0 Å². The average Bonchev–Trinajstić information content (AvgIpc) is 2.60. The molecule has 4 nitrogen and oxygen atoms in total. The van der Waals surface area contributed by atoms with Crippen LogP contribution in [0.2, 0.25) is 0 Å².